The fourth-order valence-electron chi connectivity index (χ4n) is 14.1. The van der Waals surface area contributed by atoms with Crippen LogP contribution in [0.3, 0.4) is 0 Å². The highest BCUT2D eigenvalue weighted by atomic mass is 14.9. The minimum Gasteiger partial charge on any atom is -0.307 e. The van der Waals surface area contributed by atoms with E-state index in [0.29, 0.717) is 29.7 Å². The van der Waals surface area contributed by atoms with Crippen LogP contribution in [0.1, 0.15) is 156 Å². The minimum absolute atomic E-state index is 0.466. The molecule has 0 saturated heterocycles. The van der Waals surface area contributed by atoms with Gasteiger partial charge in [0.1, 0.15) is 0 Å². The summed E-state index contributed by atoms with van der Waals surface area (Å²) in [6.07, 6.45) is 63.9. The zero-order valence-corrected chi connectivity index (χ0v) is 36.6. The van der Waals surface area contributed by atoms with E-state index < -0.39 is 0 Å². The third kappa shape index (κ3) is 9.82. The van der Waals surface area contributed by atoms with Gasteiger partial charge in [-0.1, -0.05) is 142 Å². The van der Waals surface area contributed by atoms with Gasteiger partial charge in [-0.25, -0.2) is 0 Å². The van der Waals surface area contributed by atoms with Crippen LogP contribution in [0.2, 0.25) is 0 Å². The fourth-order valence-corrected chi connectivity index (χ4v) is 14.1. The Morgan fingerprint density at radius 2 is 1.70 bits per heavy atom. The summed E-state index contributed by atoms with van der Waals surface area (Å²) in [5, 5.41) is 4.12. The predicted octanol–water partition coefficient (Wildman–Crippen LogP) is 15.2. The highest BCUT2D eigenvalue weighted by molar-refractivity contribution is 5.38. The Labute approximate surface area is 350 Å². The van der Waals surface area contributed by atoms with Crippen LogP contribution >= 0.6 is 0 Å². The molecule has 0 aromatic carbocycles. The number of rotatable bonds is 14. The number of allylic oxidation sites excluding steroid dienone is 16. The second-order valence-corrected chi connectivity index (χ2v) is 20.4. The van der Waals surface area contributed by atoms with Crippen molar-refractivity contribution in [3.8, 4) is 0 Å². The van der Waals surface area contributed by atoms with Gasteiger partial charge in [0.25, 0.3) is 0 Å². The topological polar surface area (TPSA) is 12.0 Å². The van der Waals surface area contributed by atoms with Gasteiger partial charge in [0.2, 0.25) is 0 Å². The maximum atomic E-state index is 4.12. The molecule has 2 fully saturated rings. The van der Waals surface area contributed by atoms with Crippen molar-refractivity contribution in [2.45, 2.75) is 162 Å². The summed E-state index contributed by atoms with van der Waals surface area (Å²) >= 11 is 0. The molecule has 8 rings (SSSR count). The van der Waals surface area contributed by atoms with Crippen LogP contribution in [0, 0.1) is 71.0 Å². The van der Waals surface area contributed by atoms with Crippen LogP contribution in [-0.2, 0) is 0 Å². The van der Waals surface area contributed by atoms with E-state index >= 15 is 0 Å². The van der Waals surface area contributed by atoms with Gasteiger partial charge in [-0.2, -0.15) is 0 Å². The summed E-state index contributed by atoms with van der Waals surface area (Å²) < 4.78 is 0. The molecule has 0 aromatic heterocycles. The van der Waals surface area contributed by atoms with Gasteiger partial charge in [-0.15, -0.1) is 0 Å². The number of hydrogen-bond acceptors (Lipinski definition) is 1. The SMILES string of the molecule is CC/C=C\C(CCC)C1CC=CC(/C(=C/CC(C)C2CCC(C3=C4C=CCCC4C(C4=CCCCC4)CC3)C3CCCCC23)CNC2C=CC3C=CC=C[C@H]3C2)C1. The normalized spacial score (nSPS) is 37.8. The summed E-state index contributed by atoms with van der Waals surface area (Å²) in [4.78, 5) is 0. The molecule has 0 bridgehead atoms. The van der Waals surface area contributed by atoms with Gasteiger partial charge in [0.05, 0.1) is 0 Å². The fraction of sp³-hybridized carbons (Fsp3) is 0.679. The summed E-state index contributed by atoms with van der Waals surface area (Å²) in [6.45, 7) is 8.38. The second-order valence-electron chi connectivity index (χ2n) is 20.4. The molecule has 13 atom stereocenters. The van der Waals surface area contributed by atoms with Crippen molar-refractivity contribution in [1.82, 2.24) is 5.32 Å². The Morgan fingerprint density at radius 1 is 0.807 bits per heavy atom. The molecule has 1 heteroatoms. The molecular formula is C56H81N. The molecule has 57 heavy (non-hydrogen) atoms. The van der Waals surface area contributed by atoms with Crippen LogP contribution in [0.15, 0.2) is 107 Å². The molecule has 1 nitrogen and oxygen atoms in total. The molecule has 0 aliphatic heterocycles. The van der Waals surface area contributed by atoms with Crippen molar-refractivity contribution in [1.29, 1.82) is 0 Å². The van der Waals surface area contributed by atoms with Crippen molar-refractivity contribution in [2.24, 2.45) is 71.0 Å². The first-order chi connectivity index (χ1) is 28.1. The van der Waals surface area contributed by atoms with Crippen molar-refractivity contribution in [3.63, 3.8) is 0 Å². The average molecular weight is 768 g/mol. The summed E-state index contributed by atoms with van der Waals surface area (Å²) in [6, 6.07) is 0.466. The van der Waals surface area contributed by atoms with Crippen LogP contribution in [0.25, 0.3) is 0 Å². The molecule has 2 saturated carbocycles. The monoisotopic (exact) mass is 768 g/mol. The van der Waals surface area contributed by atoms with E-state index in [4.69, 9.17) is 0 Å². The molecule has 310 valence electrons. The van der Waals surface area contributed by atoms with Gasteiger partial charge in [0, 0.05) is 18.5 Å². The largest absolute Gasteiger partial charge is 0.307 e. The van der Waals surface area contributed by atoms with E-state index in [0.717, 1.165) is 60.3 Å². The molecule has 12 unspecified atom stereocenters. The van der Waals surface area contributed by atoms with Crippen molar-refractivity contribution in [3.05, 3.63) is 107 Å². The van der Waals surface area contributed by atoms with Gasteiger partial charge < -0.3 is 5.32 Å². The summed E-state index contributed by atoms with van der Waals surface area (Å²) in [5.74, 6) is 9.29. The predicted molar refractivity (Wildman–Crippen MR) is 246 cm³/mol. The lowest BCUT2D eigenvalue weighted by atomic mass is 9.54. The van der Waals surface area contributed by atoms with E-state index in [2.05, 4.69) is 111 Å². The van der Waals surface area contributed by atoms with Crippen LogP contribution in [0.5, 0.6) is 0 Å². The number of hydrogen-bond donors (Lipinski definition) is 1. The first-order valence-corrected chi connectivity index (χ1v) is 25.0. The molecule has 8 aliphatic carbocycles. The van der Waals surface area contributed by atoms with Crippen molar-refractivity contribution >= 4 is 0 Å². The Kier molecular flexibility index (Phi) is 14.7. The Hall–Kier alpha value is -2.38. The van der Waals surface area contributed by atoms with E-state index in [1.807, 2.05) is 16.7 Å². The molecule has 0 spiro atoms. The zero-order valence-electron chi connectivity index (χ0n) is 36.6. The van der Waals surface area contributed by atoms with E-state index in [1.165, 1.54) is 128 Å². The van der Waals surface area contributed by atoms with Gasteiger partial charge >= 0.3 is 0 Å². The van der Waals surface area contributed by atoms with E-state index in [1.54, 1.807) is 5.57 Å². The van der Waals surface area contributed by atoms with Crippen LogP contribution in [0.4, 0.5) is 0 Å². The Bertz CT molecular complexity index is 1600. The van der Waals surface area contributed by atoms with Crippen LogP contribution < -0.4 is 5.32 Å². The highest BCUT2D eigenvalue weighted by Gasteiger charge is 2.45. The molecule has 1 N–H and O–H groups in total. The van der Waals surface area contributed by atoms with Crippen molar-refractivity contribution in [2.75, 3.05) is 6.54 Å². The van der Waals surface area contributed by atoms with Gasteiger partial charge in [-0.3, -0.25) is 0 Å². The van der Waals surface area contributed by atoms with Crippen LogP contribution in [-0.4, -0.2) is 12.6 Å². The van der Waals surface area contributed by atoms with Crippen molar-refractivity contribution < 1.29 is 0 Å². The molecule has 0 aromatic rings. The lowest BCUT2D eigenvalue weighted by molar-refractivity contribution is 0.0352. The maximum absolute atomic E-state index is 4.12. The molecule has 0 heterocycles. The summed E-state index contributed by atoms with van der Waals surface area (Å²) in [5.41, 5.74) is 7.34. The lowest BCUT2D eigenvalue weighted by Gasteiger charge is -2.51. The van der Waals surface area contributed by atoms with Gasteiger partial charge in [0.15, 0.2) is 0 Å². The minimum atomic E-state index is 0.466. The zero-order chi connectivity index (χ0) is 39.0. The quantitative estimate of drug-likeness (QED) is 0.174. The Balaban J connectivity index is 0.987. The average Bonchev–Trinajstić information content (AvgIpc) is 3.27. The molecule has 0 radical (unpaired) electrons. The van der Waals surface area contributed by atoms with E-state index in [-0.39, 0.29) is 0 Å². The van der Waals surface area contributed by atoms with E-state index in [9.17, 15) is 0 Å². The molecule has 0 amide bonds. The molecule has 8 aliphatic rings. The number of nitrogens with one attached hydrogen (secondary N) is 1. The Morgan fingerprint density at radius 3 is 2.56 bits per heavy atom. The third-order valence-electron chi connectivity index (χ3n) is 17.1. The molecular weight excluding hydrogens is 687 g/mol. The third-order valence-corrected chi connectivity index (χ3v) is 17.1. The number of fused-ring (bicyclic) bond motifs is 3. The van der Waals surface area contributed by atoms with Gasteiger partial charge in [-0.05, 0) is 186 Å². The highest BCUT2D eigenvalue weighted by Crippen LogP contribution is 2.56. The smallest absolute Gasteiger partial charge is 0.0259 e. The second kappa shape index (κ2) is 20.3. The maximum Gasteiger partial charge on any atom is 0.0259 e. The standard InChI is InChI=1S/C56H81N/c1-4-6-18-41(17-5-2)44-23-16-24-45(37-44)47(39-57-48-32-31-42-19-10-11-22-46(42)38-48)30-29-40(3)49-33-35-55(53-27-14-12-25-51(49)53)56-36-34-50(43-20-8-7-9-21-43)52-26-13-15-28-54(52)56/h6,10-11,15-16,18-20,22,24,28,30-32,40-42,44-46,48-53,55,57H,4-5,7-9,12-14,17,21,23,25-27,29,33-39H2,1-3H3/b18-6-,47-30+/t40?,41?,42?,44?,45?,46-,48?,49?,50?,51?,52?,53?,55?/m0/s1. The first kappa shape index (κ1) is 41.4. The first-order valence-electron chi connectivity index (χ1n) is 25.0. The lowest BCUT2D eigenvalue weighted by Crippen LogP contribution is -2.41. The summed E-state index contributed by atoms with van der Waals surface area (Å²) in [7, 11) is 0.